The standard InChI is InChI=1S/C30H22N4O4/c35-27(31-21-13-5-1-6-14-21)25(28(36)32-22-15-7-2-8-16-22)26-29(37)33(23-17-9-3-10-18-23)34(30(26)38)24-19-11-4-12-20-24/h1-20H,(H,31,35)(H,32,36). The number of hydrogen-bond donors (Lipinski definition) is 2. The Morgan fingerprint density at radius 3 is 1.13 bits per heavy atom. The molecule has 0 unspecified atom stereocenters. The van der Waals surface area contributed by atoms with E-state index in [9.17, 15) is 19.2 Å². The minimum atomic E-state index is -0.885. The van der Waals surface area contributed by atoms with Crippen LogP contribution < -0.4 is 20.7 Å². The summed E-state index contributed by atoms with van der Waals surface area (Å²) in [6, 6.07) is 34.1. The molecule has 2 N–H and O–H groups in total. The summed E-state index contributed by atoms with van der Waals surface area (Å²) < 4.78 is 0. The molecule has 1 saturated heterocycles. The van der Waals surface area contributed by atoms with Crippen molar-refractivity contribution in [3.63, 3.8) is 0 Å². The van der Waals surface area contributed by atoms with E-state index in [0.29, 0.717) is 22.7 Å². The van der Waals surface area contributed by atoms with Gasteiger partial charge in [0, 0.05) is 11.4 Å². The molecule has 4 amide bonds. The highest BCUT2D eigenvalue weighted by Gasteiger charge is 2.47. The van der Waals surface area contributed by atoms with Crippen molar-refractivity contribution >= 4 is 46.4 Å². The summed E-state index contributed by atoms with van der Waals surface area (Å²) in [5.41, 5.74) is 0.472. The van der Waals surface area contributed by atoms with E-state index >= 15 is 0 Å². The Balaban J connectivity index is 1.66. The largest absolute Gasteiger partial charge is 0.322 e. The second kappa shape index (κ2) is 10.6. The Hall–Kier alpha value is -5.50. The molecule has 0 radical (unpaired) electrons. The fourth-order valence-electron chi connectivity index (χ4n) is 4.06. The molecule has 8 nitrogen and oxygen atoms in total. The lowest BCUT2D eigenvalue weighted by Gasteiger charge is -2.27. The third kappa shape index (κ3) is 4.78. The third-order valence-electron chi connectivity index (χ3n) is 5.78. The van der Waals surface area contributed by atoms with E-state index in [1.807, 2.05) is 0 Å². The fraction of sp³-hybridized carbons (Fsp3) is 0. The highest BCUT2D eigenvalue weighted by Crippen LogP contribution is 2.33. The Labute approximate surface area is 218 Å². The second-order valence-corrected chi connectivity index (χ2v) is 8.30. The van der Waals surface area contributed by atoms with E-state index in [2.05, 4.69) is 10.6 Å². The predicted molar refractivity (Wildman–Crippen MR) is 145 cm³/mol. The molecule has 0 bridgehead atoms. The minimum absolute atomic E-state index is 0.399. The van der Waals surface area contributed by atoms with Crippen LogP contribution in [0, 0.1) is 0 Å². The molecule has 0 atom stereocenters. The summed E-state index contributed by atoms with van der Waals surface area (Å²) in [5, 5.41) is 7.60. The fourth-order valence-corrected chi connectivity index (χ4v) is 4.06. The maximum absolute atomic E-state index is 13.9. The summed E-state index contributed by atoms with van der Waals surface area (Å²) in [4.78, 5) is 54.9. The average molecular weight is 503 g/mol. The maximum atomic E-state index is 13.9. The maximum Gasteiger partial charge on any atom is 0.284 e. The number of nitrogens with zero attached hydrogens (tertiary/aromatic N) is 2. The van der Waals surface area contributed by atoms with Crippen LogP contribution in [0.4, 0.5) is 22.7 Å². The number of amides is 4. The van der Waals surface area contributed by atoms with Crippen LogP contribution in [0.1, 0.15) is 0 Å². The third-order valence-corrected chi connectivity index (χ3v) is 5.78. The number of hydrogen-bond acceptors (Lipinski definition) is 4. The molecule has 5 rings (SSSR count). The van der Waals surface area contributed by atoms with Gasteiger partial charge in [0.05, 0.1) is 11.4 Å². The van der Waals surface area contributed by atoms with Crippen molar-refractivity contribution in [1.82, 2.24) is 0 Å². The van der Waals surface area contributed by atoms with Crippen LogP contribution in [0.3, 0.4) is 0 Å². The molecule has 38 heavy (non-hydrogen) atoms. The van der Waals surface area contributed by atoms with Crippen molar-refractivity contribution in [2.45, 2.75) is 0 Å². The SMILES string of the molecule is O=C(Nc1ccccc1)C(C(=O)Nc1ccccc1)=C1C(=O)N(c2ccccc2)N(c2ccccc2)C1=O. The van der Waals surface area contributed by atoms with Crippen molar-refractivity contribution < 1.29 is 19.2 Å². The summed E-state index contributed by atoms with van der Waals surface area (Å²) in [7, 11) is 0. The van der Waals surface area contributed by atoms with Gasteiger partial charge in [0.15, 0.2) is 0 Å². The lowest BCUT2D eigenvalue weighted by atomic mass is 10.0. The molecule has 1 aliphatic heterocycles. The van der Waals surface area contributed by atoms with E-state index in [1.165, 1.54) is 10.0 Å². The molecule has 0 saturated carbocycles. The van der Waals surface area contributed by atoms with E-state index < -0.39 is 34.8 Å². The van der Waals surface area contributed by atoms with Gasteiger partial charge in [-0.2, -0.15) is 0 Å². The topological polar surface area (TPSA) is 98.8 Å². The molecule has 1 fully saturated rings. The quantitative estimate of drug-likeness (QED) is 0.230. The van der Waals surface area contributed by atoms with Crippen LogP contribution in [0.5, 0.6) is 0 Å². The zero-order valence-electron chi connectivity index (χ0n) is 20.1. The van der Waals surface area contributed by atoms with Crippen LogP contribution in [0.15, 0.2) is 132 Å². The number of nitrogens with one attached hydrogen (secondary N) is 2. The van der Waals surface area contributed by atoms with Crippen molar-refractivity contribution in [3.05, 3.63) is 132 Å². The van der Waals surface area contributed by atoms with Crippen LogP contribution in [0.25, 0.3) is 0 Å². The first-order chi connectivity index (χ1) is 18.5. The highest BCUT2D eigenvalue weighted by molar-refractivity contribution is 6.43. The van der Waals surface area contributed by atoms with Gasteiger partial charge in [-0.3, -0.25) is 19.2 Å². The Kier molecular flexibility index (Phi) is 6.77. The van der Waals surface area contributed by atoms with E-state index in [1.54, 1.807) is 121 Å². The summed E-state index contributed by atoms with van der Waals surface area (Å²) in [5.74, 6) is -3.37. The van der Waals surface area contributed by atoms with Crippen molar-refractivity contribution in [1.29, 1.82) is 0 Å². The predicted octanol–water partition coefficient (Wildman–Crippen LogP) is 4.56. The van der Waals surface area contributed by atoms with Gasteiger partial charge in [-0.1, -0.05) is 72.8 Å². The molecule has 0 aromatic heterocycles. The number of rotatable bonds is 6. The Morgan fingerprint density at radius 2 is 0.789 bits per heavy atom. The van der Waals surface area contributed by atoms with Gasteiger partial charge in [-0.25, -0.2) is 10.0 Å². The van der Waals surface area contributed by atoms with Gasteiger partial charge in [-0.05, 0) is 48.5 Å². The Bertz CT molecular complexity index is 1410. The summed E-state index contributed by atoms with van der Waals surface area (Å²) in [6.45, 7) is 0. The van der Waals surface area contributed by atoms with Gasteiger partial charge in [-0.15, -0.1) is 0 Å². The lowest BCUT2D eigenvalue weighted by Crippen LogP contribution is -2.41. The first-order valence-electron chi connectivity index (χ1n) is 11.8. The van der Waals surface area contributed by atoms with E-state index in [-0.39, 0.29) is 0 Å². The smallest absolute Gasteiger partial charge is 0.284 e. The van der Waals surface area contributed by atoms with E-state index in [4.69, 9.17) is 0 Å². The molecule has 1 aliphatic rings. The number of benzene rings is 4. The minimum Gasteiger partial charge on any atom is -0.322 e. The summed E-state index contributed by atoms with van der Waals surface area (Å²) in [6.07, 6.45) is 0. The van der Waals surface area contributed by atoms with Gasteiger partial charge >= 0.3 is 0 Å². The van der Waals surface area contributed by atoms with Crippen LogP contribution in [0.2, 0.25) is 0 Å². The zero-order valence-corrected chi connectivity index (χ0v) is 20.1. The first-order valence-corrected chi connectivity index (χ1v) is 11.8. The van der Waals surface area contributed by atoms with Gasteiger partial charge in [0.1, 0.15) is 11.1 Å². The number of para-hydroxylation sites is 4. The number of carbonyl (C=O) groups excluding carboxylic acids is 4. The summed E-state index contributed by atoms with van der Waals surface area (Å²) >= 11 is 0. The molecule has 0 aliphatic carbocycles. The van der Waals surface area contributed by atoms with Crippen LogP contribution in [-0.4, -0.2) is 23.6 Å². The van der Waals surface area contributed by atoms with Crippen molar-refractivity contribution in [3.8, 4) is 0 Å². The Morgan fingerprint density at radius 1 is 0.474 bits per heavy atom. The highest BCUT2D eigenvalue weighted by atomic mass is 16.2. The molecule has 1 heterocycles. The molecular weight excluding hydrogens is 480 g/mol. The van der Waals surface area contributed by atoms with Crippen LogP contribution >= 0.6 is 0 Å². The second-order valence-electron chi connectivity index (χ2n) is 8.30. The van der Waals surface area contributed by atoms with Crippen molar-refractivity contribution in [2.75, 3.05) is 20.7 Å². The lowest BCUT2D eigenvalue weighted by molar-refractivity contribution is -0.122. The normalized spacial score (nSPS) is 12.9. The molecule has 4 aromatic rings. The zero-order chi connectivity index (χ0) is 26.5. The first kappa shape index (κ1) is 24.2. The van der Waals surface area contributed by atoms with Gasteiger partial charge in [0.25, 0.3) is 23.6 Å². The van der Waals surface area contributed by atoms with Gasteiger partial charge in [0.2, 0.25) is 0 Å². The van der Waals surface area contributed by atoms with Crippen LogP contribution in [-0.2, 0) is 19.2 Å². The van der Waals surface area contributed by atoms with E-state index in [0.717, 1.165) is 0 Å². The molecule has 8 heteroatoms. The molecule has 186 valence electrons. The number of anilines is 4. The average Bonchev–Trinajstić information content (AvgIpc) is 3.20. The number of hydrazine groups is 1. The monoisotopic (exact) mass is 502 g/mol. The molecule has 0 spiro atoms. The molecule has 4 aromatic carbocycles. The van der Waals surface area contributed by atoms with Gasteiger partial charge < -0.3 is 10.6 Å². The number of carbonyl (C=O) groups is 4. The molecular formula is C30H22N4O4. The van der Waals surface area contributed by atoms with Crippen molar-refractivity contribution in [2.24, 2.45) is 0 Å².